The second-order valence-corrected chi connectivity index (χ2v) is 6.23. The molecule has 4 aromatic rings. The first-order valence-corrected chi connectivity index (χ1v) is 8.14. The van der Waals surface area contributed by atoms with Crippen LogP contribution in [-0.4, -0.2) is 10.4 Å². The molecular weight excluding hydrogens is 294 g/mol. The average molecular weight is 309 g/mol. The normalized spacial score (nSPS) is 13.2. The number of Topliss-reactive ketones (excluding diaryl/α,β-unsaturated/α-hetero) is 1. The Morgan fingerprint density at radius 3 is 2.42 bits per heavy atom. The zero-order valence-corrected chi connectivity index (χ0v) is 13.1. The van der Waals surface area contributed by atoms with E-state index in [0.29, 0.717) is 6.42 Å². The molecule has 3 aromatic carbocycles. The number of aromatic nitrogens is 1. The highest BCUT2D eigenvalue weighted by atomic mass is 16.1. The van der Waals surface area contributed by atoms with Gasteiger partial charge in [-0.3, -0.25) is 4.79 Å². The van der Waals surface area contributed by atoms with Gasteiger partial charge in [0.2, 0.25) is 0 Å². The quantitative estimate of drug-likeness (QED) is 0.474. The van der Waals surface area contributed by atoms with Crippen LogP contribution in [-0.2, 0) is 6.42 Å². The van der Waals surface area contributed by atoms with Crippen LogP contribution in [0, 0.1) is 0 Å². The Hall–Kier alpha value is -3.13. The van der Waals surface area contributed by atoms with Crippen LogP contribution in [0.15, 0.2) is 78.4 Å². The summed E-state index contributed by atoms with van der Waals surface area (Å²) in [6.45, 7) is 0. The number of carbonyl (C=O) groups excluding carboxylic acids is 1. The standard InChI is InChI=1S/C22H15NO/c24-22(15-7-2-1-3-8-15)17-13-16-9-6-11-19-18-10-4-5-12-20(18)23(14-17)21(16)19/h1-12,14H,13H2. The maximum atomic E-state index is 12.9. The van der Waals surface area contributed by atoms with Crippen molar-refractivity contribution in [2.45, 2.75) is 6.42 Å². The molecule has 0 unspecified atom stereocenters. The summed E-state index contributed by atoms with van der Waals surface area (Å²) < 4.78 is 2.18. The molecule has 2 heteroatoms. The van der Waals surface area contributed by atoms with Crippen LogP contribution >= 0.6 is 0 Å². The van der Waals surface area contributed by atoms with E-state index in [1.54, 1.807) is 0 Å². The number of rotatable bonds is 2. The third kappa shape index (κ3) is 1.80. The van der Waals surface area contributed by atoms with Gasteiger partial charge in [-0.2, -0.15) is 0 Å². The van der Waals surface area contributed by atoms with Gasteiger partial charge in [0, 0.05) is 34.5 Å². The van der Waals surface area contributed by atoms with E-state index in [4.69, 9.17) is 0 Å². The second-order valence-electron chi connectivity index (χ2n) is 6.23. The van der Waals surface area contributed by atoms with Crippen molar-refractivity contribution in [1.29, 1.82) is 0 Å². The lowest BCUT2D eigenvalue weighted by Crippen LogP contribution is -2.11. The highest BCUT2D eigenvalue weighted by Gasteiger charge is 2.21. The Labute approximate surface area is 139 Å². The summed E-state index contributed by atoms with van der Waals surface area (Å²) in [7, 11) is 0. The van der Waals surface area contributed by atoms with E-state index in [-0.39, 0.29) is 5.78 Å². The van der Waals surface area contributed by atoms with Crippen molar-refractivity contribution in [3.63, 3.8) is 0 Å². The monoisotopic (exact) mass is 309 g/mol. The number of hydrogen-bond acceptors (Lipinski definition) is 1. The van der Waals surface area contributed by atoms with E-state index in [1.807, 2.05) is 42.6 Å². The minimum Gasteiger partial charge on any atom is -0.315 e. The van der Waals surface area contributed by atoms with Crippen LogP contribution in [0.2, 0.25) is 0 Å². The van der Waals surface area contributed by atoms with Gasteiger partial charge in [0.05, 0.1) is 11.0 Å². The SMILES string of the molecule is O=C(C1=Cn2c3ccccc3c3cccc(c32)C1)c1ccccc1. The molecule has 0 atom stereocenters. The average Bonchev–Trinajstić information content (AvgIpc) is 2.98. The number of hydrogen-bond donors (Lipinski definition) is 0. The number of allylic oxidation sites excluding steroid dienone is 1. The molecule has 0 spiro atoms. The van der Waals surface area contributed by atoms with Crippen LogP contribution in [0.25, 0.3) is 28.0 Å². The van der Waals surface area contributed by atoms with Gasteiger partial charge in [-0.1, -0.05) is 66.7 Å². The molecule has 114 valence electrons. The van der Waals surface area contributed by atoms with E-state index in [2.05, 4.69) is 41.0 Å². The summed E-state index contributed by atoms with van der Waals surface area (Å²) in [4.78, 5) is 12.9. The fourth-order valence-corrected chi connectivity index (χ4v) is 3.72. The van der Waals surface area contributed by atoms with Gasteiger partial charge in [0.1, 0.15) is 0 Å². The lowest BCUT2D eigenvalue weighted by Gasteiger charge is -2.16. The minimum absolute atomic E-state index is 0.107. The minimum atomic E-state index is 0.107. The highest BCUT2D eigenvalue weighted by Crippen LogP contribution is 2.35. The molecule has 1 aliphatic rings. The molecule has 0 radical (unpaired) electrons. The fourth-order valence-electron chi connectivity index (χ4n) is 3.72. The van der Waals surface area contributed by atoms with Crippen molar-refractivity contribution in [2.75, 3.05) is 0 Å². The van der Waals surface area contributed by atoms with Crippen molar-refractivity contribution in [2.24, 2.45) is 0 Å². The second kappa shape index (κ2) is 4.93. The Morgan fingerprint density at radius 2 is 1.54 bits per heavy atom. The lowest BCUT2D eigenvalue weighted by atomic mass is 9.95. The van der Waals surface area contributed by atoms with Gasteiger partial charge < -0.3 is 4.57 Å². The molecule has 0 saturated heterocycles. The van der Waals surface area contributed by atoms with E-state index >= 15 is 0 Å². The van der Waals surface area contributed by atoms with Gasteiger partial charge in [-0.25, -0.2) is 0 Å². The maximum absolute atomic E-state index is 12.9. The molecule has 0 bridgehead atoms. The van der Waals surface area contributed by atoms with E-state index in [1.165, 1.54) is 21.9 Å². The summed E-state index contributed by atoms with van der Waals surface area (Å²) >= 11 is 0. The highest BCUT2D eigenvalue weighted by molar-refractivity contribution is 6.16. The Morgan fingerprint density at radius 1 is 0.792 bits per heavy atom. The smallest absolute Gasteiger partial charge is 0.190 e. The van der Waals surface area contributed by atoms with Crippen molar-refractivity contribution < 1.29 is 4.79 Å². The molecule has 0 N–H and O–H groups in total. The van der Waals surface area contributed by atoms with Crippen LogP contribution in [0.1, 0.15) is 15.9 Å². The first-order chi connectivity index (χ1) is 11.8. The molecule has 1 aliphatic heterocycles. The van der Waals surface area contributed by atoms with Gasteiger partial charge in [-0.15, -0.1) is 0 Å². The van der Waals surface area contributed by atoms with Gasteiger partial charge in [0.15, 0.2) is 5.78 Å². The topological polar surface area (TPSA) is 22.0 Å². The molecule has 0 amide bonds. The summed E-state index contributed by atoms with van der Waals surface area (Å²) in [5.74, 6) is 0.107. The van der Waals surface area contributed by atoms with Gasteiger partial charge >= 0.3 is 0 Å². The molecule has 0 saturated carbocycles. The first-order valence-electron chi connectivity index (χ1n) is 8.14. The van der Waals surface area contributed by atoms with E-state index in [0.717, 1.165) is 16.7 Å². The summed E-state index contributed by atoms with van der Waals surface area (Å²) in [5.41, 5.74) is 5.17. The van der Waals surface area contributed by atoms with Crippen LogP contribution < -0.4 is 0 Å². The molecule has 2 heterocycles. The number of ketones is 1. The van der Waals surface area contributed by atoms with Crippen LogP contribution in [0.3, 0.4) is 0 Å². The van der Waals surface area contributed by atoms with Gasteiger partial charge in [0.25, 0.3) is 0 Å². The van der Waals surface area contributed by atoms with Crippen molar-refractivity contribution in [3.05, 3.63) is 89.5 Å². The summed E-state index contributed by atoms with van der Waals surface area (Å²) in [6, 6.07) is 24.3. The lowest BCUT2D eigenvalue weighted by molar-refractivity contribution is 0.103. The zero-order valence-electron chi connectivity index (χ0n) is 13.1. The zero-order chi connectivity index (χ0) is 16.1. The summed E-state index contributed by atoms with van der Waals surface area (Å²) in [5, 5.41) is 2.49. The molecule has 0 fully saturated rings. The Balaban J connectivity index is 1.78. The first kappa shape index (κ1) is 13.3. The molecule has 0 aliphatic carbocycles. The van der Waals surface area contributed by atoms with E-state index < -0.39 is 0 Å². The largest absolute Gasteiger partial charge is 0.315 e. The third-order valence-electron chi connectivity index (χ3n) is 4.81. The number of carbonyl (C=O) groups is 1. The van der Waals surface area contributed by atoms with Crippen LogP contribution in [0.4, 0.5) is 0 Å². The summed E-state index contributed by atoms with van der Waals surface area (Å²) in [6.07, 6.45) is 2.70. The number of nitrogens with zero attached hydrogens (tertiary/aromatic N) is 1. The molecule has 24 heavy (non-hydrogen) atoms. The molecule has 5 rings (SSSR count). The van der Waals surface area contributed by atoms with E-state index in [9.17, 15) is 4.79 Å². The molecule has 2 nitrogen and oxygen atoms in total. The Kier molecular flexibility index (Phi) is 2.74. The molecular formula is C22H15NO. The van der Waals surface area contributed by atoms with Crippen molar-refractivity contribution >= 4 is 33.8 Å². The Bertz CT molecular complexity index is 1130. The van der Waals surface area contributed by atoms with Gasteiger partial charge in [-0.05, 0) is 11.6 Å². The number of benzene rings is 3. The van der Waals surface area contributed by atoms with Crippen LogP contribution in [0.5, 0.6) is 0 Å². The number of fused-ring (bicyclic) bond motifs is 3. The maximum Gasteiger partial charge on any atom is 0.190 e. The molecule has 1 aromatic heterocycles. The van der Waals surface area contributed by atoms with Crippen molar-refractivity contribution in [1.82, 2.24) is 4.57 Å². The third-order valence-corrected chi connectivity index (χ3v) is 4.81. The van der Waals surface area contributed by atoms with Crippen molar-refractivity contribution in [3.8, 4) is 0 Å². The number of para-hydroxylation sites is 2. The predicted molar refractivity (Wildman–Crippen MR) is 98.2 cm³/mol. The predicted octanol–water partition coefficient (Wildman–Crippen LogP) is 5.07. The fraction of sp³-hybridized carbons (Fsp3) is 0.0455.